The van der Waals surface area contributed by atoms with Crippen LogP contribution < -0.4 is 5.23 Å². The first-order valence-corrected chi connectivity index (χ1v) is 3.18. The molecule has 0 aromatic heterocycles. The van der Waals surface area contributed by atoms with E-state index in [9.17, 15) is 4.79 Å². The minimum Gasteiger partial charge on any atom is -0.430 e. The van der Waals surface area contributed by atoms with E-state index in [1.165, 1.54) is 14.5 Å². The monoisotopic (exact) mass is 137 g/mol. The van der Waals surface area contributed by atoms with E-state index >= 15 is 0 Å². The van der Waals surface area contributed by atoms with E-state index in [0.717, 1.165) is 4.72 Å². The lowest BCUT2D eigenvalue weighted by atomic mass is 10.0. The highest BCUT2D eigenvalue weighted by Gasteiger charge is 2.03. The zero-order chi connectivity index (χ0) is 8.15. The molecule has 3 nitrogen and oxygen atoms in total. The van der Waals surface area contributed by atoms with E-state index in [0.29, 0.717) is 6.04 Å². The first-order chi connectivity index (χ1) is 4.54. The molecular weight excluding hydrogens is 126 g/mol. The molecule has 0 aliphatic rings. The van der Waals surface area contributed by atoms with Gasteiger partial charge in [-0.25, -0.2) is 0 Å². The van der Waals surface area contributed by atoms with Gasteiger partial charge in [-0.05, 0) is 6.04 Å². The lowest BCUT2D eigenvalue weighted by molar-refractivity contribution is -0.121. The second-order valence-corrected chi connectivity index (χ2v) is 2.38. The Labute approximate surface area is 63.9 Å². The van der Waals surface area contributed by atoms with Gasteiger partial charge in [0.1, 0.15) is 0 Å². The van der Waals surface area contributed by atoms with Crippen LogP contribution in [0.4, 0.5) is 0 Å². The van der Waals surface area contributed by atoms with E-state index in [1.54, 1.807) is 0 Å². The summed E-state index contributed by atoms with van der Waals surface area (Å²) in [6, 6.07) is 0.297. The van der Waals surface area contributed by atoms with Gasteiger partial charge in [0.05, 0.1) is 0 Å². The second-order valence-electron chi connectivity index (χ2n) is 2.38. The first kappa shape index (κ1) is 9.56. The van der Waals surface area contributed by atoms with Crippen molar-refractivity contribution in [3.63, 3.8) is 0 Å². The molecule has 0 rings (SSSR count). The predicted molar refractivity (Wildman–Crippen MR) is 42.3 cm³/mol. The van der Waals surface area contributed by atoms with Crippen LogP contribution in [-0.4, -0.2) is 32.2 Å². The van der Waals surface area contributed by atoms with E-state index in [4.69, 9.17) is 7.98 Å². The molecule has 0 saturated carbocycles. The third-order valence-corrected chi connectivity index (χ3v) is 0.911. The molecule has 3 radical (unpaired) electrons. The summed E-state index contributed by atoms with van der Waals surface area (Å²) >= 11 is 0. The average molecular weight is 137 g/mol. The number of carbonyl (C=O) groups excluding carboxylic acids is 1. The van der Waals surface area contributed by atoms with Gasteiger partial charge in [0.2, 0.25) is 7.98 Å². The van der Waals surface area contributed by atoms with Gasteiger partial charge in [-0.2, -0.15) is 0 Å². The number of nitrogens with zero attached hydrogens (tertiary/aromatic N) is 1. The molecule has 10 heavy (non-hydrogen) atoms. The second kappa shape index (κ2) is 4.39. The maximum absolute atomic E-state index is 10.5. The molecule has 0 heterocycles. The van der Waals surface area contributed by atoms with Crippen molar-refractivity contribution in [3.05, 3.63) is 0 Å². The fraction of sp³-hybridized carbons (Fsp3) is 0.800. The van der Waals surface area contributed by atoms with Gasteiger partial charge in [-0.15, -0.1) is 0 Å². The maximum atomic E-state index is 10.5. The van der Waals surface area contributed by atoms with E-state index < -0.39 is 0 Å². The molecule has 0 saturated heterocycles. The number of hydrogen-bond donors (Lipinski definition) is 1. The van der Waals surface area contributed by atoms with Crippen LogP contribution in [0.5, 0.6) is 0 Å². The van der Waals surface area contributed by atoms with Crippen molar-refractivity contribution in [2.24, 2.45) is 0 Å². The molecular formula is C5H11B2N2O. The predicted octanol–water partition coefficient (Wildman–Crippen LogP) is -0.549. The molecule has 0 aliphatic heterocycles. The summed E-state index contributed by atoms with van der Waals surface area (Å²) in [7, 11) is 6.68. The summed E-state index contributed by atoms with van der Waals surface area (Å²) < 4.78 is 1.01. The molecule has 0 aromatic rings. The number of hydrogen-bond acceptors (Lipinski definition) is 2. The fourth-order valence-corrected chi connectivity index (χ4v) is 0.320. The van der Waals surface area contributed by atoms with Crippen molar-refractivity contribution in [1.29, 1.82) is 0 Å². The first-order valence-electron chi connectivity index (χ1n) is 3.18. The van der Waals surface area contributed by atoms with Crippen LogP contribution in [0.25, 0.3) is 0 Å². The highest BCUT2D eigenvalue weighted by Crippen LogP contribution is 1.78. The Bertz CT molecular complexity index is 118. The molecule has 1 amide bonds. The van der Waals surface area contributed by atoms with E-state index in [-0.39, 0.29) is 5.91 Å². The molecule has 0 spiro atoms. The summed E-state index contributed by atoms with van der Waals surface area (Å²) in [5.74, 6) is -0.187. The van der Waals surface area contributed by atoms with Crippen molar-refractivity contribution in [2.45, 2.75) is 26.8 Å². The van der Waals surface area contributed by atoms with Crippen LogP contribution in [0.3, 0.4) is 0 Å². The zero-order valence-electron chi connectivity index (χ0n) is 6.59. The lowest BCUT2D eigenvalue weighted by Crippen LogP contribution is -2.42. The fourth-order valence-electron chi connectivity index (χ4n) is 0.320. The van der Waals surface area contributed by atoms with Crippen LogP contribution >= 0.6 is 0 Å². The Kier molecular flexibility index (Phi) is 4.19. The molecule has 0 atom stereocenters. The molecule has 0 bridgehead atoms. The lowest BCUT2D eigenvalue weighted by Gasteiger charge is -2.15. The van der Waals surface area contributed by atoms with Gasteiger partial charge in [0.15, 0.2) is 5.91 Å². The van der Waals surface area contributed by atoms with Crippen LogP contribution in [0.15, 0.2) is 0 Å². The summed E-state index contributed by atoms with van der Waals surface area (Å²) in [6.07, 6.45) is 0. The van der Waals surface area contributed by atoms with Crippen LogP contribution in [0.2, 0.25) is 0 Å². The Morgan fingerprint density at radius 2 is 2.20 bits per heavy atom. The smallest absolute Gasteiger partial charge is 0.336 e. The summed E-state index contributed by atoms with van der Waals surface area (Å²) in [5, 5.41) is 2.88. The van der Waals surface area contributed by atoms with Gasteiger partial charge in [-0.3, -0.25) is 4.79 Å². The molecule has 0 fully saturated rings. The topological polar surface area (TPSA) is 32.3 Å². The molecule has 5 heteroatoms. The number of carbonyl (C=O) groups is 1. The standard InChI is InChI=1S/C5H11B2N2O/c1-4(2)8-7-9(6)5(3)10/h4,8H,1-3H3. The third-order valence-electron chi connectivity index (χ3n) is 0.911. The maximum Gasteiger partial charge on any atom is 0.336 e. The summed E-state index contributed by atoms with van der Waals surface area (Å²) in [5.41, 5.74) is 0. The van der Waals surface area contributed by atoms with Gasteiger partial charge in [0.25, 0.3) is 0 Å². The number of amides is 1. The van der Waals surface area contributed by atoms with Gasteiger partial charge in [-0.1, -0.05) is 13.8 Å². The quantitative estimate of drug-likeness (QED) is 0.529. The number of rotatable bonds is 3. The highest BCUT2D eigenvalue weighted by molar-refractivity contribution is 6.45. The van der Waals surface area contributed by atoms with Crippen LogP contribution in [0.1, 0.15) is 20.8 Å². The summed E-state index contributed by atoms with van der Waals surface area (Å²) in [6.45, 7) is 5.33. The Morgan fingerprint density at radius 1 is 1.70 bits per heavy atom. The van der Waals surface area contributed by atoms with E-state index in [2.05, 4.69) is 5.23 Å². The third kappa shape index (κ3) is 4.44. The van der Waals surface area contributed by atoms with Crippen molar-refractivity contribution < 1.29 is 4.79 Å². The zero-order valence-corrected chi connectivity index (χ0v) is 6.59. The Hall–Kier alpha value is -0.440. The summed E-state index contributed by atoms with van der Waals surface area (Å²) in [4.78, 5) is 10.5. The minimum absolute atomic E-state index is 0.187. The van der Waals surface area contributed by atoms with Crippen molar-refractivity contribution in [2.75, 3.05) is 0 Å². The SMILES string of the molecule is [B]N([B]NC(C)C)C(C)=O. The van der Waals surface area contributed by atoms with Crippen molar-refractivity contribution in [1.82, 2.24) is 9.95 Å². The molecule has 0 unspecified atom stereocenters. The van der Waals surface area contributed by atoms with Crippen LogP contribution in [0, 0.1) is 0 Å². The van der Waals surface area contributed by atoms with Gasteiger partial charge < -0.3 is 9.95 Å². The van der Waals surface area contributed by atoms with Crippen molar-refractivity contribution in [3.8, 4) is 0 Å². The van der Waals surface area contributed by atoms with Crippen LogP contribution in [-0.2, 0) is 4.79 Å². The Balaban J connectivity index is 3.40. The largest absolute Gasteiger partial charge is 0.430 e. The molecule has 53 valence electrons. The molecule has 1 N–H and O–H groups in total. The Morgan fingerprint density at radius 3 is 2.50 bits per heavy atom. The number of nitrogens with one attached hydrogen (secondary N) is 1. The molecule has 0 aliphatic carbocycles. The van der Waals surface area contributed by atoms with E-state index in [1.807, 2.05) is 13.8 Å². The molecule has 0 aromatic carbocycles. The van der Waals surface area contributed by atoms with Crippen molar-refractivity contribution >= 4 is 21.4 Å². The normalized spacial score (nSPS) is 9.60. The van der Waals surface area contributed by atoms with Gasteiger partial charge >= 0.3 is 7.55 Å². The average Bonchev–Trinajstić information content (AvgIpc) is 1.82. The minimum atomic E-state index is -0.187. The highest BCUT2D eigenvalue weighted by atomic mass is 16.1. The van der Waals surface area contributed by atoms with Gasteiger partial charge in [0, 0.05) is 6.92 Å².